The van der Waals surface area contributed by atoms with E-state index >= 15 is 0 Å². The molecule has 31 heavy (non-hydrogen) atoms. The molecular formula is C24H26ClN3O3. The molecule has 1 N–H and O–H groups in total. The number of nitrogens with zero attached hydrogens (tertiary/aromatic N) is 2. The second-order valence-electron chi connectivity index (χ2n) is 7.36. The van der Waals surface area contributed by atoms with Gasteiger partial charge in [0.1, 0.15) is 11.5 Å². The molecule has 0 bridgehead atoms. The number of rotatable bonds is 7. The van der Waals surface area contributed by atoms with Crippen molar-refractivity contribution in [3.05, 3.63) is 53.2 Å². The van der Waals surface area contributed by atoms with E-state index in [-0.39, 0.29) is 5.91 Å². The topological polar surface area (TPSA) is 63.7 Å². The van der Waals surface area contributed by atoms with Crippen molar-refractivity contribution in [2.75, 3.05) is 31.6 Å². The van der Waals surface area contributed by atoms with Crippen LogP contribution in [0.1, 0.15) is 37.0 Å². The van der Waals surface area contributed by atoms with E-state index in [2.05, 4.69) is 10.3 Å². The lowest BCUT2D eigenvalue weighted by Crippen LogP contribution is -2.28. The van der Waals surface area contributed by atoms with E-state index in [9.17, 15) is 4.79 Å². The summed E-state index contributed by atoms with van der Waals surface area (Å²) in [5, 5.41) is 4.81. The standard InChI is InChI=1S/C24H26ClN3O3/c1-3-30-17-8-10-22(31-4-2)21(14-17)27-23-18-13-16(25)7-9-20(18)26-15-19(23)24(29)28-11-5-6-12-28/h7-10,13-15H,3-6,11-12H2,1-2H3,(H,26,27). The molecule has 1 aliphatic rings. The molecule has 0 unspecified atom stereocenters. The Balaban J connectivity index is 1.85. The molecule has 6 nitrogen and oxygen atoms in total. The third-order valence-electron chi connectivity index (χ3n) is 5.28. The summed E-state index contributed by atoms with van der Waals surface area (Å²) < 4.78 is 11.5. The van der Waals surface area contributed by atoms with Crippen molar-refractivity contribution in [1.29, 1.82) is 0 Å². The molecular weight excluding hydrogens is 414 g/mol. The van der Waals surface area contributed by atoms with Gasteiger partial charge in [0, 0.05) is 35.8 Å². The third-order valence-corrected chi connectivity index (χ3v) is 5.51. The SMILES string of the molecule is CCOc1ccc(OCC)c(Nc2c(C(=O)N3CCCC3)cnc3ccc(Cl)cc23)c1. The summed E-state index contributed by atoms with van der Waals surface area (Å²) in [5.41, 5.74) is 2.65. The fourth-order valence-corrected chi connectivity index (χ4v) is 4.00. The van der Waals surface area contributed by atoms with E-state index in [1.54, 1.807) is 12.3 Å². The molecule has 0 aliphatic carbocycles. The number of carbonyl (C=O) groups is 1. The molecule has 2 heterocycles. The van der Waals surface area contributed by atoms with Gasteiger partial charge in [-0.25, -0.2) is 0 Å². The lowest BCUT2D eigenvalue weighted by Gasteiger charge is -2.21. The van der Waals surface area contributed by atoms with Crippen molar-refractivity contribution in [1.82, 2.24) is 9.88 Å². The first-order valence-electron chi connectivity index (χ1n) is 10.6. The number of anilines is 2. The molecule has 1 aromatic heterocycles. The average Bonchev–Trinajstić information content (AvgIpc) is 3.31. The highest BCUT2D eigenvalue weighted by molar-refractivity contribution is 6.31. The van der Waals surface area contributed by atoms with E-state index in [4.69, 9.17) is 21.1 Å². The number of hydrogen-bond donors (Lipinski definition) is 1. The zero-order valence-corrected chi connectivity index (χ0v) is 18.5. The number of fused-ring (bicyclic) bond motifs is 1. The normalized spacial score (nSPS) is 13.5. The Kier molecular flexibility index (Phi) is 6.47. The van der Waals surface area contributed by atoms with Gasteiger partial charge in [-0.3, -0.25) is 9.78 Å². The van der Waals surface area contributed by atoms with Gasteiger partial charge in [-0.2, -0.15) is 0 Å². The van der Waals surface area contributed by atoms with Crippen molar-refractivity contribution >= 4 is 39.8 Å². The molecule has 162 valence electrons. The van der Waals surface area contributed by atoms with Crippen LogP contribution in [0.3, 0.4) is 0 Å². The van der Waals surface area contributed by atoms with Crippen LogP contribution in [0.4, 0.5) is 11.4 Å². The first-order valence-corrected chi connectivity index (χ1v) is 11.0. The Labute approximate surface area is 187 Å². The smallest absolute Gasteiger partial charge is 0.257 e. The molecule has 0 saturated carbocycles. The quantitative estimate of drug-likeness (QED) is 0.514. The van der Waals surface area contributed by atoms with E-state index in [1.807, 2.05) is 49.1 Å². The third kappa shape index (κ3) is 4.54. The fourth-order valence-electron chi connectivity index (χ4n) is 3.83. The Morgan fingerprint density at radius 1 is 1.10 bits per heavy atom. The zero-order valence-electron chi connectivity index (χ0n) is 17.8. The Morgan fingerprint density at radius 3 is 2.61 bits per heavy atom. The van der Waals surface area contributed by atoms with Crippen LogP contribution in [0.25, 0.3) is 10.9 Å². The summed E-state index contributed by atoms with van der Waals surface area (Å²) >= 11 is 6.30. The Morgan fingerprint density at radius 2 is 1.87 bits per heavy atom. The van der Waals surface area contributed by atoms with Crippen molar-refractivity contribution in [2.45, 2.75) is 26.7 Å². The van der Waals surface area contributed by atoms with Gasteiger partial charge in [-0.1, -0.05) is 11.6 Å². The van der Waals surface area contributed by atoms with Crippen LogP contribution in [-0.2, 0) is 0 Å². The average molecular weight is 440 g/mol. The minimum atomic E-state index is -0.0340. The molecule has 3 aromatic rings. The van der Waals surface area contributed by atoms with Crippen molar-refractivity contribution in [3.63, 3.8) is 0 Å². The second kappa shape index (κ2) is 9.43. The largest absolute Gasteiger partial charge is 0.494 e. The molecule has 0 atom stereocenters. The molecule has 2 aromatic carbocycles. The summed E-state index contributed by atoms with van der Waals surface area (Å²) in [6.07, 6.45) is 3.68. The number of aromatic nitrogens is 1. The maximum absolute atomic E-state index is 13.3. The first-order chi connectivity index (χ1) is 15.1. The van der Waals surface area contributed by atoms with Crippen molar-refractivity contribution < 1.29 is 14.3 Å². The van der Waals surface area contributed by atoms with Crippen LogP contribution in [-0.4, -0.2) is 42.1 Å². The highest BCUT2D eigenvalue weighted by Crippen LogP contribution is 2.37. The maximum atomic E-state index is 13.3. The number of nitrogens with one attached hydrogen (secondary N) is 1. The predicted molar refractivity (Wildman–Crippen MR) is 124 cm³/mol. The molecule has 1 amide bonds. The first kappa shape index (κ1) is 21.2. The van der Waals surface area contributed by atoms with Crippen molar-refractivity contribution in [3.8, 4) is 11.5 Å². The van der Waals surface area contributed by atoms with Gasteiger partial charge in [-0.15, -0.1) is 0 Å². The number of hydrogen-bond acceptors (Lipinski definition) is 5. The summed E-state index contributed by atoms with van der Waals surface area (Å²) in [4.78, 5) is 19.7. The number of ether oxygens (including phenoxy) is 2. The number of pyridine rings is 1. The van der Waals surface area contributed by atoms with Crippen LogP contribution in [0, 0.1) is 0 Å². The highest BCUT2D eigenvalue weighted by Gasteiger charge is 2.24. The van der Waals surface area contributed by atoms with Crippen LogP contribution in [0.15, 0.2) is 42.6 Å². The fraction of sp³-hybridized carbons (Fsp3) is 0.333. The zero-order chi connectivity index (χ0) is 21.8. The summed E-state index contributed by atoms with van der Waals surface area (Å²) in [6, 6.07) is 11.1. The van der Waals surface area contributed by atoms with E-state index in [0.29, 0.717) is 35.2 Å². The van der Waals surface area contributed by atoms with Gasteiger partial charge in [-0.05, 0) is 57.0 Å². The minimum Gasteiger partial charge on any atom is -0.494 e. The minimum absolute atomic E-state index is 0.0340. The Hall–Kier alpha value is -2.99. The van der Waals surface area contributed by atoms with Gasteiger partial charge in [0.15, 0.2) is 0 Å². The molecule has 7 heteroatoms. The maximum Gasteiger partial charge on any atom is 0.257 e. The molecule has 1 saturated heterocycles. The summed E-state index contributed by atoms with van der Waals surface area (Å²) in [5.74, 6) is 1.36. The molecule has 1 fully saturated rings. The molecule has 1 aliphatic heterocycles. The highest BCUT2D eigenvalue weighted by atomic mass is 35.5. The Bertz CT molecular complexity index is 1100. The van der Waals surface area contributed by atoms with Gasteiger partial charge in [0.05, 0.1) is 35.7 Å². The predicted octanol–water partition coefficient (Wildman–Crippen LogP) is 5.67. The number of amides is 1. The second-order valence-corrected chi connectivity index (χ2v) is 7.79. The van der Waals surface area contributed by atoms with E-state index < -0.39 is 0 Å². The molecule has 4 rings (SSSR count). The number of halogens is 1. The molecule has 0 radical (unpaired) electrons. The lowest BCUT2D eigenvalue weighted by atomic mass is 10.1. The van der Waals surface area contributed by atoms with Crippen LogP contribution >= 0.6 is 11.6 Å². The number of benzene rings is 2. The van der Waals surface area contributed by atoms with E-state index in [0.717, 1.165) is 48.3 Å². The number of carbonyl (C=O) groups excluding carboxylic acids is 1. The van der Waals surface area contributed by atoms with Crippen LogP contribution in [0.2, 0.25) is 5.02 Å². The van der Waals surface area contributed by atoms with Crippen LogP contribution in [0.5, 0.6) is 11.5 Å². The van der Waals surface area contributed by atoms with E-state index in [1.165, 1.54) is 0 Å². The monoisotopic (exact) mass is 439 g/mol. The summed E-state index contributed by atoms with van der Waals surface area (Å²) in [7, 11) is 0. The van der Waals surface area contributed by atoms with Gasteiger partial charge >= 0.3 is 0 Å². The van der Waals surface area contributed by atoms with Gasteiger partial charge in [0.25, 0.3) is 5.91 Å². The lowest BCUT2D eigenvalue weighted by molar-refractivity contribution is 0.0793. The number of likely N-dealkylation sites (tertiary alicyclic amines) is 1. The van der Waals surface area contributed by atoms with Crippen molar-refractivity contribution in [2.24, 2.45) is 0 Å². The van der Waals surface area contributed by atoms with Gasteiger partial charge in [0.2, 0.25) is 0 Å². The van der Waals surface area contributed by atoms with Crippen LogP contribution < -0.4 is 14.8 Å². The van der Waals surface area contributed by atoms with Gasteiger partial charge < -0.3 is 19.7 Å². The molecule has 0 spiro atoms. The summed E-state index contributed by atoms with van der Waals surface area (Å²) in [6.45, 7) is 6.47.